The van der Waals surface area contributed by atoms with Crippen molar-refractivity contribution in [2.45, 2.75) is 25.4 Å². The number of nitrogens with zero attached hydrogens (tertiary/aromatic N) is 4. The summed E-state index contributed by atoms with van der Waals surface area (Å²) < 4.78 is 0. The van der Waals surface area contributed by atoms with E-state index in [0.29, 0.717) is 0 Å². The molecule has 1 aliphatic rings. The lowest BCUT2D eigenvalue weighted by Gasteiger charge is -2.42. The Kier molecular flexibility index (Phi) is 4.91. The minimum absolute atomic E-state index is 0.0923. The lowest BCUT2D eigenvalue weighted by molar-refractivity contribution is -0.144. The highest BCUT2D eigenvalue weighted by Crippen LogP contribution is 2.17. The summed E-state index contributed by atoms with van der Waals surface area (Å²) in [5.74, 6) is 0.0923. The minimum atomic E-state index is -0.265. The van der Waals surface area contributed by atoms with Crippen molar-refractivity contribution in [1.82, 2.24) is 14.7 Å². The highest BCUT2D eigenvalue weighted by atomic mass is 16.2. The summed E-state index contributed by atoms with van der Waals surface area (Å²) in [4.78, 5) is 18.2. The van der Waals surface area contributed by atoms with Crippen LogP contribution in [0.5, 0.6) is 0 Å². The molecule has 1 fully saturated rings. The lowest BCUT2D eigenvalue weighted by atomic mass is 10.0. The maximum Gasteiger partial charge on any atom is 0.241 e. The molecule has 0 aromatic carbocycles. The van der Waals surface area contributed by atoms with Crippen LogP contribution >= 0.6 is 0 Å². The van der Waals surface area contributed by atoms with Crippen LogP contribution in [-0.4, -0.2) is 73.5 Å². The van der Waals surface area contributed by atoms with Gasteiger partial charge in [-0.2, -0.15) is 5.26 Å². The number of nitriles is 1. The molecule has 0 bridgehead atoms. The van der Waals surface area contributed by atoms with Crippen LogP contribution in [0.4, 0.5) is 0 Å². The molecular formula is C12H22N4O. The Morgan fingerprint density at radius 2 is 2.18 bits per heavy atom. The van der Waals surface area contributed by atoms with Crippen molar-refractivity contribution in [3.8, 4) is 6.07 Å². The summed E-state index contributed by atoms with van der Waals surface area (Å²) in [6, 6.07) is 2.06. The van der Waals surface area contributed by atoms with E-state index in [1.807, 2.05) is 30.9 Å². The SMILES string of the molecule is CC1CN(C)C(CC#N)C(=O)N1CCN(C)C. The molecule has 0 aromatic heterocycles. The van der Waals surface area contributed by atoms with Crippen molar-refractivity contribution >= 4 is 5.91 Å². The number of carbonyl (C=O) groups excluding carboxylic acids is 1. The van der Waals surface area contributed by atoms with Crippen molar-refractivity contribution in [3.63, 3.8) is 0 Å². The van der Waals surface area contributed by atoms with Crippen LogP contribution in [0.15, 0.2) is 0 Å². The van der Waals surface area contributed by atoms with Crippen LogP contribution in [0.1, 0.15) is 13.3 Å². The molecule has 5 heteroatoms. The molecule has 1 saturated heterocycles. The quantitative estimate of drug-likeness (QED) is 0.691. The first-order valence-corrected chi connectivity index (χ1v) is 5.99. The van der Waals surface area contributed by atoms with Crippen LogP contribution in [0, 0.1) is 11.3 Å². The minimum Gasteiger partial charge on any atom is -0.336 e. The van der Waals surface area contributed by atoms with Crippen molar-refractivity contribution in [2.24, 2.45) is 0 Å². The van der Waals surface area contributed by atoms with E-state index >= 15 is 0 Å². The molecule has 0 aromatic rings. The van der Waals surface area contributed by atoms with Gasteiger partial charge in [0, 0.05) is 25.7 Å². The van der Waals surface area contributed by atoms with Gasteiger partial charge in [-0.15, -0.1) is 0 Å². The van der Waals surface area contributed by atoms with Gasteiger partial charge in [0.05, 0.1) is 12.5 Å². The highest BCUT2D eigenvalue weighted by Gasteiger charge is 2.36. The van der Waals surface area contributed by atoms with Gasteiger partial charge in [-0.3, -0.25) is 9.69 Å². The summed E-state index contributed by atoms with van der Waals surface area (Å²) in [5, 5.41) is 8.77. The highest BCUT2D eigenvalue weighted by molar-refractivity contribution is 5.83. The van der Waals surface area contributed by atoms with E-state index in [9.17, 15) is 4.79 Å². The predicted molar refractivity (Wildman–Crippen MR) is 66.4 cm³/mol. The topological polar surface area (TPSA) is 50.6 Å². The lowest BCUT2D eigenvalue weighted by Crippen LogP contribution is -2.60. The molecule has 1 amide bonds. The maximum absolute atomic E-state index is 12.3. The van der Waals surface area contributed by atoms with Gasteiger partial charge in [0.15, 0.2) is 0 Å². The van der Waals surface area contributed by atoms with Gasteiger partial charge in [0.2, 0.25) is 5.91 Å². The Morgan fingerprint density at radius 3 is 2.71 bits per heavy atom. The fourth-order valence-corrected chi connectivity index (χ4v) is 2.21. The van der Waals surface area contributed by atoms with Gasteiger partial charge in [-0.05, 0) is 28.1 Å². The van der Waals surface area contributed by atoms with Gasteiger partial charge < -0.3 is 9.80 Å². The first kappa shape index (κ1) is 13.9. The second-order valence-electron chi connectivity index (χ2n) is 5.00. The summed E-state index contributed by atoms with van der Waals surface area (Å²) in [6.45, 7) is 4.50. The van der Waals surface area contributed by atoms with E-state index in [4.69, 9.17) is 5.26 Å². The molecule has 2 unspecified atom stereocenters. The van der Waals surface area contributed by atoms with Gasteiger partial charge in [0.25, 0.3) is 0 Å². The average molecular weight is 238 g/mol. The largest absolute Gasteiger partial charge is 0.336 e. The molecule has 1 rings (SSSR count). The maximum atomic E-state index is 12.3. The Labute approximate surface area is 104 Å². The second-order valence-corrected chi connectivity index (χ2v) is 5.00. The molecule has 17 heavy (non-hydrogen) atoms. The fourth-order valence-electron chi connectivity index (χ4n) is 2.21. The third kappa shape index (κ3) is 3.42. The van der Waals surface area contributed by atoms with Gasteiger partial charge in [-0.1, -0.05) is 0 Å². The molecule has 0 aliphatic carbocycles. The van der Waals surface area contributed by atoms with Gasteiger partial charge >= 0.3 is 0 Å². The second kappa shape index (κ2) is 5.99. The standard InChI is InChI=1S/C12H22N4O/c1-10-9-15(4)11(5-6-13)12(17)16(10)8-7-14(2)3/h10-11H,5,7-9H2,1-4H3. The van der Waals surface area contributed by atoms with Crippen LogP contribution in [0.25, 0.3) is 0 Å². The number of rotatable bonds is 4. The van der Waals surface area contributed by atoms with Crippen LogP contribution in [0.2, 0.25) is 0 Å². The van der Waals surface area contributed by atoms with E-state index in [1.165, 1.54) is 0 Å². The fraction of sp³-hybridized carbons (Fsp3) is 0.833. The van der Waals surface area contributed by atoms with Crippen LogP contribution < -0.4 is 0 Å². The van der Waals surface area contributed by atoms with E-state index < -0.39 is 0 Å². The number of carbonyl (C=O) groups is 1. The zero-order valence-electron chi connectivity index (χ0n) is 11.2. The third-order valence-corrected chi connectivity index (χ3v) is 3.26. The summed E-state index contributed by atoms with van der Waals surface area (Å²) in [5.41, 5.74) is 0. The van der Waals surface area contributed by atoms with E-state index in [1.54, 1.807) is 0 Å². The normalized spacial score (nSPS) is 26.4. The Hall–Kier alpha value is -1.12. The molecule has 5 nitrogen and oxygen atoms in total. The Bertz CT molecular complexity index is 310. The zero-order valence-corrected chi connectivity index (χ0v) is 11.2. The molecule has 1 aliphatic heterocycles. The molecule has 96 valence electrons. The van der Waals surface area contributed by atoms with Gasteiger partial charge in [0.1, 0.15) is 6.04 Å². The Balaban J connectivity index is 2.69. The summed E-state index contributed by atoms with van der Waals surface area (Å²) in [6.07, 6.45) is 0.278. The number of likely N-dealkylation sites (N-methyl/N-ethyl adjacent to an activating group) is 2. The van der Waals surface area contributed by atoms with E-state index in [2.05, 4.69) is 17.9 Å². The molecule has 0 saturated carbocycles. The van der Waals surface area contributed by atoms with Crippen molar-refractivity contribution in [2.75, 3.05) is 40.8 Å². The monoisotopic (exact) mass is 238 g/mol. The van der Waals surface area contributed by atoms with Crippen LogP contribution in [0.3, 0.4) is 0 Å². The van der Waals surface area contributed by atoms with Crippen molar-refractivity contribution in [1.29, 1.82) is 5.26 Å². The summed E-state index contributed by atoms with van der Waals surface area (Å²) >= 11 is 0. The molecule has 1 heterocycles. The van der Waals surface area contributed by atoms with Crippen molar-refractivity contribution < 1.29 is 4.79 Å². The predicted octanol–water partition coefficient (Wildman–Crippen LogP) is -0.00722. The third-order valence-electron chi connectivity index (χ3n) is 3.26. The van der Waals surface area contributed by atoms with E-state index in [0.717, 1.165) is 19.6 Å². The zero-order chi connectivity index (χ0) is 13.0. The molecular weight excluding hydrogens is 216 g/mol. The first-order valence-electron chi connectivity index (χ1n) is 5.99. The van der Waals surface area contributed by atoms with Crippen LogP contribution in [-0.2, 0) is 4.79 Å². The number of hydrogen-bond acceptors (Lipinski definition) is 4. The molecule has 0 N–H and O–H groups in total. The smallest absolute Gasteiger partial charge is 0.241 e. The van der Waals surface area contributed by atoms with Crippen molar-refractivity contribution in [3.05, 3.63) is 0 Å². The Morgan fingerprint density at radius 1 is 1.53 bits per heavy atom. The number of hydrogen-bond donors (Lipinski definition) is 0. The molecule has 2 atom stereocenters. The molecule has 0 radical (unpaired) electrons. The number of piperazine rings is 1. The first-order chi connectivity index (χ1) is 7.97. The molecule has 0 spiro atoms. The number of amides is 1. The summed E-state index contributed by atoms with van der Waals surface area (Å²) in [7, 11) is 5.91. The van der Waals surface area contributed by atoms with E-state index in [-0.39, 0.29) is 24.4 Å². The average Bonchev–Trinajstić information content (AvgIpc) is 2.23. The van der Waals surface area contributed by atoms with Gasteiger partial charge in [-0.25, -0.2) is 0 Å².